The van der Waals surface area contributed by atoms with E-state index in [0.29, 0.717) is 0 Å². The van der Waals surface area contributed by atoms with Gasteiger partial charge in [-0.25, -0.2) is 0 Å². The number of rotatable bonds is 0. The molecule has 0 aliphatic carbocycles. The maximum atomic E-state index is 2.27. The Balaban J connectivity index is 3.05. The van der Waals surface area contributed by atoms with E-state index >= 15 is 0 Å². The van der Waals surface area contributed by atoms with Crippen molar-refractivity contribution in [3.63, 3.8) is 0 Å². The Kier molecular flexibility index (Phi) is 1.59. The van der Waals surface area contributed by atoms with Crippen molar-refractivity contribution in [2.75, 3.05) is 0 Å². The van der Waals surface area contributed by atoms with Crippen molar-refractivity contribution >= 4 is 0 Å². The molecule has 0 radical (unpaired) electrons. The Morgan fingerprint density at radius 1 is 1.30 bits per heavy atom. The Hall–Kier alpha value is -0.720. The Bertz CT molecular complexity index is 215. The van der Waals surface area contributed by atoms with Crippen LogP contribution in [0.2, 0.25) is 0 Å². The first-order chi connectivity index (χ1) is 4.52. The van der Waals surface area contributed by atoms with Crippen molar-refractivity contribution in [2.45, 2.75) is 33.2 Å². The predicted molar refractivity (Wildman–Crippen MR) is 44.2 cm³/mol. The van der Waals surface area contributed by atoms with E-state index in [0.717, 1.165) is 0 Å². The lowest BCUT2D eigenvalue weighted by Crippen LogP contribution is -2.21. The third-order valence-electron chi connectivity index (χ3n) is 1.68. The van der Waals surface area contributed by atoms with E-state index in [4.69, 9.17) is 0 Å². The number of aromatic nitrogens is 1. The lowest BCUT2D eigenvalue weighted by atomic mass is 10.1. The van der Waals surface area contributed by atoms with Crippen LogP contribution in [-0.4, -0.2) is 4.57 Å². The summed E-state index contributed by atoms with van der Waals surface area (Å²) in [5, 5.41) is 0. The van der Waals surface area contributed by atoms with Crippen LogP contribution in [0.1, 0.15) is 26.5 Å². The fourth-order valence-corrected chi connectivity index (χ4v) is 1.22. The van der Waals surface area contributed by atoms with Crippen molar-refractivity contribution in [2.24, 2.45) is 0 Å². The standard InChI is InChI=1S/C9H15N/c1-8-6-5-7-10(8)9(2,3)4/h5-7H,1-4H3. The predicted octanol–water partition coefficient (Wildman–Crippen LogP) is 2.55. The molecule has 1 heterocycles. The average molecular weight is 137 g/mol. The molecular formula is C9H15N. The zero-order valence-electron chi connectivity index (χ0n) is 7.18. The monoisotopic (exact) mass is 137 g/mol. The molecule has 0 unspecified atom stereocenters. The zero-order valence-corrected chi connectivity index (χ0v) is 7.18. The highest BCUT2D eigenvalue weighted by Gasteiger charge is 2.12. The summed E-state index contributed by atoms with van der Waals surface area (Å²) in [7, 11) is 0. The van der Waals surface area contributed by atoms with Gasteiger partial charge in [-0.05, 0) is 39.8 Å². The number of nitrogens with zero attached hydrogens (tertiary/aromatic N) is 1. The Morgan fingerprint density at radius 3 is 2.10 bits per heavy atom. The highest BCUT2D eigenvalue weighted by Crippen LogP contribution is 2.16. The van der Waals surface area contributed by atoms with Crippen LogP contribution in [0.15, 0.2) is 18.3 Å². The molecule has 0 spiro atoms. The topological polar surface area (TPSA) is 4.93 Å². The molecule has 0 saturated carbocycles. The average Bonchev–Trinajstić information content (AvgIpc) is 2.11. The molecule has 1 heteroatoms. The molecule has 10 heavy (non-hydrogen) atoms. The summed E-state index contributed by atoms with van der Waals surface area (Å²) in [6, 6.07) is 4.21. The molecule has 0 bridgehead atoms. The summed E-state index contributed by atoms with van der Waals surface area (Å²) >= 11 is 0. The fourth-order valence-electron chi connectivity index (χ4n) is 1.22. The van der Waals surface area contributed by atoms with Gasteiger partial charge in [0.2, 0.25) is 0 Å². The second-order valence-electron chi connectivity index (χ2n) is 3.69. The molecule has 0 N–H and O–H groups in total. The second-order valence-corrected chi connectivity index (χ2v) is 3.69. The van der Waals surface area contributed by atoms with Gasteiger partial charge in [-0.15, -0.1) is 0 Å². The van der Waals surface area contributed by atoms with E-state index in [9.17, 15) is 0 Å². The van der Waals surface area contributed by atoms with E-state index in [1.54, 1.807) is 0 Å². The van der Waals surface area contributed by atoms with Gasteiger partial charge >= 0.3 is 0 Å². The molecule has 1 nitrogen and oxygen atoms in total. The van der Waals surface area contributed by atoms with Crippen molar-refractivity contribution in [1.29, 1.82) is 0 Å². The summed E-state index contributed by atoms with van der Waals surface area (Å²) in [6.45, 7) is 8.76. The number of hydrogen-bond acceptors (Lipinski definition) is 0. The second kappa shape index (κ2) is 2.15. The molecule has 0 saturated heterocycles. The summed E-state index contributed by atoms with van der Waals surface area (Å²) in [4.78, 5) is 0. The van der Waals surface area contributed by atoms with Crippen LogP contribution in [0, 0.1) is 6.92 Å². The number of aryl methyl sites for hydroxylation is 1. The first-order valence-electron chi connectivity index (χ1n) is 3.66. The van der Waals surface area contributed by atoms with E-state index in [1.807, 2.05) is 0 Å². The molecule has 0 fully saturated rings. The Labute approximate surface area is 62.7 Å². The van der Waals surface area contributed by atoms with Crippen LogP contribution in [-0.2, 0) is 5.54 Å². The Morgan fingerprint density at radius 2 is 1.90 bits per heavy atom. The molecule has 56 valence electrons. The molecular weight excluding hydrogens is 122 g/mol. The quantitative estimate of drug-likeness (QED) is 0.518. The minimum atomic E-state index is 0.230. The van der Waals surface area contributed by atoms with Gasteiger partial charge < -0.3 is 4.57 Å². The van der Waals surface area contributed by atoms with E-state index in [1.165, 1.54) is 5.69 Å². The van der Waals surface area contributed by atoms with Crippen LogP contribution in [0.4, 0.5) is 0 Å². The third kappa shape index (κ3) is 1.23. The smallest absolute Gasteiger partial charge is 0.0358 e. The van der Waals surface area contributed by atoms with Gasteiger partial charge in [-0.2, -0.15) is 0 Å². The van der Waals surface area contributed by atoms with Gasteiger partial charge in [0.15, 0.2) is 0 Å². The van der Waals surface area contributed by atoms with Crippen LogP contribution >= 0.6 is 0 Å². The molecule has 1 aromatic heterocycles. The summed E-state index contributed by atoms with van der Waals surface area (Å²) in [6.07, 6.45) is 2.12. The van der Waals surface area contributed by atoms with Gasteiger partial charge in [0.1, 0.15) is 0 Å². The van der Waals surface area contributed by atoms with Crippen molar-refractivity contribution < 1.29 is 0 Å². The zero-order chi connectivity index (χ0) is 7.78. The molecule has 1 rings (SSSR count). The van der Waals surface area contributed by atoms with Gasteiger partial charge in [0.05, 0.1) is 0 Å². The van der Waals surface area contributed by atoms with Crippen LogP contribution in [0.25, 0.3) is 0 Å². The van der Waals surface area contributed by atoms with Gasteiger partial charge in [-0.3, -0.25) is 0 Å². The first-order valence-corrected chi connectivity index (χ1v) is 3.66. The molecule has 0 aromatic carbocycles. The number of hydrogen-bond donors (Lipinski definition) is 0. The van der Waals surface area contributed by atoms with Crippen molar-refractivity contribution in [3.05, 3.63) is 24.0 Å². The molecule has 0 atom stereocenters. The van der Waals surface area contributed by atoms with Crippen LogP contribution in [0.5, 0.6) is 0 Å². The molecule has 0 amide bonds. The summed E-state index contributed by atoms with van der Waals surface area (Å²) in [5.74, 6) is 0. The summed E-state index contributed by atoms with van der Waals surface area (Å²) < 4.78 is 2.27. The SMILES string of the molecule is Cc1cccn1C(C)(C)C. The fraction of sp³-hybridized carbons (Fsp3) is 0.556. The van der Waals surface area contributed by atoms with Gasteiger partial charge in [-0.1, -0.05) is 0 Å². The van der Waals surface area contributed by atoms with E-state index < -0.39 is 0 Å². The maximum Gasteiger partial charge on any atom is 0.0358 e. The largest absolute Gasteiger partial charge is 0.347 e. The minimum absolute atomic E-state index is 0.230. The summed E-state index contributed by atoms with van der Waals surface area (Å²) in [5.41, 5.74) is 1.56. The normalized spacial score (nSPS) is 12.0. The van der Waals surface area contributed by atoms with Crippen LogP contribution < -0.4 is 0 Å². The highest BCUT2D eigenvalue weighted by atomic mass is 15.0. The molecule has 0 aliphatic heterocycles. The lowest BCUT2D eigenvalue weighted by molar-refractivity contribution is 0.391. The van der Waals surface area contributed by atoms with Crippen molar-refractivity contribution in [1.82, 2.24) is 4.57 Å². The highest BCUT2D eigenvalue weighted by molar-refractivity contribution is 5.07. The van der Waals surface area contributed by atoms with Crippen molar-refractivity contribution in [3.8, 4) is 0 Å². The van der Waals surface area contributed by atoms with E-state index in [-0.39, 0.29) is 5.54 Å². The van der Waals surface area contributed by atoms with E-state index in [2.05, 4.69) is 50.6 Å². The van der Waals surface area contributed by atoms with Gasteiger partial charge in [0.25, 0.3) is 0 Å². The first kappa shape index (κ1) is 7.39. The lowest BCUT2D eigenvalue weighted by Gasteiger charge is -2.23. The van der Waals surface area contributed by atoms with Gasteiger partial charge in [0, 0.05) is 17.4 Å². The minimum Gasteiger partial charge on any atom is -0.347 e. The molecule has 1 aromatic rings. The maximum absolute atomic E-state index is 2.27. The van der Waals surface area contributed by atoms with Crippen LogP contribution in [0.3, 0.4) is 0 Å². The third-order valence-corrected chi connectivity index (χ3v) is 1.68. The molecule has 0 aliphatic rings.